The molecule has 5 heteroatoms. The third-order valence-electron chi connectivity index (χ3n) is 2.15. The summed E-state index contributed by atoms with van der Waals surface area (Å²) in [5, 5.41) is 2.81. The van der Waals surface area contributed by atoms with Crippen molar-refractivity contribution in [3.8, 4) is 0 Å². The number of amides is 1. The first-order chi connectivity index (χ1) is 7.54. The maximum absolute atomic E-state index is 11.8. The predicted octanol–water partition coefficient (Wildman–Crippen LogP) is 0.737. The highest BCUT2D eigenvalue weighted by Crippen LogP contribution is 2.09. The van der Waals surface area contributed by atoms with Gasteiger partial charge in [-0.1, -0.05) is 0 Å². The Bertz CT molecular complexity index is 379. The maximum atomic E-state index is 11.8. The molecule has 0 saturated heterocycles. The number of aryl methyl sites for hydroxylation is 1. The first-order valence-corrected chi connectivity index (χ1v) is 5.06. The average molecular weight is 223 g/mol. The molecule has 0 fully saturated rings. The van der Waals surface area contributed by atoms with Gasteiger partial charge in [0.05, 0.1) is 29.7 Å². The van der Waals surface area contributed by atoms with Gasteiger partial charge in [-0.2, -0.15) is 0 Å². The van der Waals surface area contributed by atoms with Gasteiger partial charge in [-0.25, -0.2) is 0 Å². The monoisotopic (exact) mass is 223 g/mol. The van der Waals surface area contributed by atoms with Gasteiger partial charge in [0.1, 0.15) is 0 Å². The third kappa shape index (κ3) is 3.20. The van der Waals surface area contributed by atoms with E-state index in [0.29, 0.717) is 23.6 Å². The minimum atomic E-state index is -0.179. The fraction of sp³-hybridized carbons (Fsp3) is 0.455. The van der Waals surface area contributed by atoms with Crippen LogP contribution in [0.5, 0.6) is 0 Å². The van der Waals surface area contributed by atoms with E-state index in [2.05, 4.69) is 10.3 Å². The fourth-order valence-electron chi connectivity index (χ4n) is 1.37. The number of carbonyl (C=O) groups is 1. The molecule has 3 N–H and O–H groups in total. The molecule has 0 saturated carbocycles. The number of hydrogen-bond donors (Lipinski definition) is 2. The largest absolute Gasteiger partial charge is 0.397 e. The Balaban J connectivity index is 2.76. The van der Waals surface area contributed by atoms with Gasteiger partial charge in [-0.3, -0.25) is 9.78 Å². The topological polar surface area (TPSA) is 77.2 Å². The number of hydrogen-bond acceptors (Lipinski definition) is 4. The second-order valence-corrected chi connectivity index (χ2v) is 3.73. The first kappa shape index (κ1) is 12.4. The molecule has 0 aliphatic rings. The van der Waals surface area contributed by atoms with Crippen LogP contribution in [0.4, 0.5) is 5.69 Å². The van der Waals surface area contributed by atoms with E-state index in [-0.39, 0.29) is 11.9 Å². The van der Waals surface area contributed by atoms with Crippen LogP contribution in [0.3, 0.4) is 0 Å². The van der Waals surface area contributed by atoms with Crippen molar-refractivity contribution in [1.82, 2.24) is 10.3 Å². The van der Waals surface area contributed by atoms with E-state index >= 15 is 0 Å². The SMILES string of the molecule is COCC(C)NC(=O)c1cc(N)cnc1C. The molecule has 16 heavy (non-hydrogen) atoms. The first-order valence-electron chi connectivity index (χ1n) is 5.06. The highest BCUT2D eigenvalue weighted by atomic mass is 16.5. The predicted molar refractivity (Wildman–Crippen MR) is 62.2 cm³/mol. The van der Waals surface area contributed by atoms with Crippen LogP contribution in [0.1, 0.15) is 23.0 Å². The molecule has 1 aromatic heterocycles. The van der Waals surface area contributed by atoms with Gasteiger partial charge >= 0.3 is 0 Å². The molecule has 1 atom stereocenters. The molecule has 0 bridgehead atoms. The lowest BCUT2D eigenvalue weighted by Gasteiger charge is -2.13. The quantitative estimate of drug-likeness (QED) is 0.789. The summed E-state index contributed by atoms with van der Waals surface area (Å²) in [4.78, 5) is 15.9. The van der Waals surface area contributed by atoms with E-state index < -0.39 is 0 Å². The molecule has 0 spiro atoms. The Morgan fingerprint density at radius 1 is 1.69 bits per heavy atom. The Kier molecular flexibility index (Phi) is 4.25. The number of nitrogens with two attached hydrogens (primary N) is 1. The number of nitrogen functional groups attached to an aromatic ring is 1. The zero-order valence-corrected chi connectivity index (χ0v) is 9.78. The summed E-state index contributed by atoms with van der Waals surface area (Å²) >= 11 is 0. The van der Waals surface area contributed by atoms with Crippen molar-refractivity contribution < 1.29 is 9.53 Å². The lowest BCUT2D eigenvalue weighted by molar-refractivity contribution is 0.0904. The molecule has 1 unspecified atom stereocenters. The van der Waals surface area contributed by atoms with E-state index in [1.54, 1.807) is 20.1 Å². The van der Waals surface area contributed by atoms with Crippen molar-refractivity contribution >= 4 is 11.6 Å². The molecule has 1 aromatic rings. The normalized spacial score (nSPS) is 12.2. The van der Waals surface area contributed by atoms with E-state index in [4.69, 9.17) is 10.5 Å². The maximum Gasteiger partial charge on any atom is 0.253 e. The Morgan fingerprint density at radius 3 is 3.00 bits per heavy atom. The zero-order valence-electron chi connectivity index (χ0n) is 9.78. The second kappa shape index (κ2) is 5.46. The van der Waals surface area contributed by atoms with E-state index in [1.165, 1.54) is 6.20 Å². The second-order valence-electron chi connectivity index (χ2n) is 3.73. The number of pyridine rings is 1. The van der Waals surface area contributed by atoms with Crippen LogP contribution in [0.15, 0.2) is 12.3 Å². The van der Waals surface area contributed by atoms with Crippen LogP contribution in [-0.2, 0) is 4.74 Å². The molecule has 1 rings (SSSR count). The van der Waals surface area contributed by atoms with E-state index in [9.17, 15) is 4.79 Å². The zero-order chi connectivity index (χ0) is 12.1. The van der Waals surface area contributed by atoms with Gasteiger partial charge < -0.3 is 15.8 Å². The van der Waals surface area contributed by atoms with Crippen molar-refractivity contribution in [2.45, 2.75) is 19.9 Å². The molecule has 0 aliphatic heterocycles. The molecule has 0 aliphatic carbocycles. The van der Waals surface area contributed by atoms with Crippen molar-refractivity contribution in [3.63, 3.8) is 0 Å². The van der Waals surface area contributed by atoms with Gasteiger partial charge in [-0.05, 0) is 19.9 Å². The molecule has 1 amide bonds. The molecule has 88 valence electrons. The van der Waals surface area contributed by atoms with Crippen molar-refractivity contribution in [1.29, 1.82) is 0 Å². The Morgan fingerprint density at radius 2 is 2.38 bits per heavy atom. The smallest absolute Gasteiger partial charge is 0.253 e. The van der Waals surface area contributed by atoms with Crippen LogP contribution < -0.4 is 11.1 Å². The number of carbonyl (C=O) groups excluding carboxylic acids is 1. The number of ether oxygens (including phenoxy) is 1. The van der Waals surface area contributed by atoms with Crippen LogP contribution in [0, 0.1) is 6.92 Å². The van der Waals surface area contributed by atoms with Gasteiger partial charge in [0.2, 0.25) is 0 Å². The highest BCUT2D eigenvalue weighted by Gasteiger charge is 2.12. The van der Waals surface area contributed by atoms with Gasteiger partial charge in [0, 0.05) is 13.2 Å². The minimum Gasteiger partial charge on any atom is -0.397 e. The summed E-state index contributed by atoms with van der Waals surface area (Å²) in [5.74, 6) is -0.179. The summed E-state index contributed by atoms with van der Waals surface area (Å²) in [6, 6.07) is 1.58. The third-order valence-corrected chi connectivity index (χ3v) is 2.15. The summed E-state index contributed by atoms with van der Waals surface area (Å²) in [6.07, 6.45) is 1.53. The standard InChI is InChI=1S/C11H17N3O2/c1-7(6-16-3)14-11(15)10-4-9(12)5-13-8(10)2/h4-5,7H,6,12H2,1-3H3,(H,14,15). The average Bonchev–Trinajstić information content (AvgIpc) is 2.21. The van der Waals surface area contributed by atoms with Crippen molar-refractivity contribution in [2.75, 3.05) is 19.5 Å². The molecule has 0 radical (unpaired) electrons. The molecule has 0 aromatic carbocycles. The minimum absolute atomic E-state index is 0.0432. The number of aromatic nitrogens is 1. The van der Waals surface area contributed by atoms with Crippen LogP contribution >= 0.6 is 0 Å². The number of methoxy groups -OCH3 is 1. The van der Waals surface area contributed by atoms with Gasteiger partial charge in [0.25, 0.3) is 5.91 Å². The van der Waals surface area contributed by atoms with Gasteiger partial charge in [-0.15, -0.1) is 0 Å². The molecular weight excluding hydrogens is 206 g/mol. The highest BCUT2D eigenvalue weighted by molar-refractivity contribution is 5.96. The fourth-order valence-corrected chi connectivity index (χ4v) is 1.37. The van der Waals surface area contributed by atoms with E-state index in [0.717, 1.165) is 0 Å². The number of nitrogens with one attached hydrogen (secondary N) is 1. The van der Waals surface area contributed by atoms with Crippen LogP contribution in [-0.4, -0.2) is 30.6 Å². The van der Waals surface area contributed by atoms with Crippen molar-refractivity contribution in [2.24, 2.45) is 0 Å². The lowest BCUT2D eigenvalue weighted by atomic mass is 10.1. The molecule has 1 heterocycles. The van der Waals surface area contributed by atoms with Crippen molar-refractivity contribution in [3.05, 3.63) is 23.5 Å². The number of rotatable bonds is 4. The lowest BCUT2D eigenvalue weighted by Crippen LogP contribution is -2.36. The molecule has 5 nitrogen and oxygen atoms in total. The Hall–Kier alpha value is -1.62. The Labute approximate surface area is 95.0 Å². The van der Waals surface area contributed by atoms with Crippen LogP contribution in [0.2, 0.25) is 0 Å². The van der Waals surface area contributed by atoms with Crippen LogP contribution in [0.25, 0.3) is 0 Å². The summed E-state index contributed by atoms with van der Waals surface area (Å²) in [6.45, 7) is 4.12. The summed E-state index contributed by atoms with van der Waals surface area (Å²) < 4.78 is 4.94. The summed E-state index contributed by atoms with van der Waals surface area (Å²) in [5.41, 5.74) is 7.24. The molecular formula is C11H17N3O2. The summed E-state index contributed by atoms with van der Waals surface area (Å²) in [7, 11) is 1.59. The number of nitrogens with zero attached hydrogens (tertiary/aromatic N) is 1. The van der Waals surface area contributed by atoms with E-state index in [1.807, 2.05) is 6.92 Å². The van der Waals surface area contributed by atoms with Gasteiger partial charge in [0.15, 0.2) is 0 Å². The number of anilines is 1.